The Balaban J connectivity index is 1.58. The lowest BCUT2D eigenvalue weighted by atomic mass is 9.85. The van der Waals surface area contributed by atoms with Gasteiger partial charge in [0.05, 0.1) is 5.75 Å². The van der Waals surface area contributed by atoms with E-state index >= 15 is 0 Å². The summed E-state index contributed by atoms with van der Waals surface area (Å²) in [6.45, 7) is 3.39. The van der Waals surface area contributed by atoms with Gasteiger partial charge < -0.3 is 4.74 Å². The predicted molar refractivity (Wildman–Crippen MR) is 136 cm³/mol. The zero-order chi connectivity index (χ0) is 23.0. The third-order valence-electron chi connectivity index (χ3n) is 6.39. The molecule has 2 aromatic rings. The smallest absolute Gasteiger partial charge is 0.412 e. The van der Waals surface area contributed by atoms with E-state index in [4.69, 9.17) is 4.74 Å². The van der Waals surface area contributed by atoms with E-state index in [9.17, 15) is 13.2 Å². The minimum atomic E-state index is -3.21. The van der Waals surface area contributed by atoms with Crippen LogP contribution in [-0.4, -0.2) is 49.1 Å². The molecule has 0 aromatic heterocycles. The number of benzene rings is 2. The topological polar surface area (TPSA) is 66.9 Å². The maximum atomic E-state index is 13.4. The molecule has 0 spiro atoms. The minimum Gasteiger partial charge on any atom is -0.438 e. The fraction of sp³-hybridized carbons (Fsp3) is 0.435. The third-order valence-corrected chi connectivity index (χ3v) is 10.1. The van der Waals surface area contributed by atoms with Crippen molar-refractivity contribution in [2.75, 3.05) is 25.4 Å². The van der Waals surface area contributed by atoms with E-state index in [1.54, 1.807) is 4.90 Å². The van der Waals surface area contributed by atoms with Gasteiger partial charge in [-0.15, -0.1) is 0 Å². The van der Waals surface area contributed by atoms with E-state index in [1.807, 2.05) is 61.5 Å². The molecule has 172 valence electrons. The van der Waals surface area contributed by atoms with Crippen molar-refractivity contribution in [1.29, 1.82) is 0 Å². The molecule has 0 saturated carbocycles. The van der Waals surface area contributed by atoms with Gasteiger partial charge in [-0.2, -0.15) is 0 Å². The number of carbonyl (C=O) groups excluding carboxylic acids is 1. The van der Waals surface area contributed by atoms with E-state index < -0.39 is 19.2 Å². The maximum Gasteiger partial charge on any atom is 0.412 e. The molecule has 0 radical (unpaired) electrons. The molecule has 4 rings (SSSR count). The van der Waals surface area contributed by atoms with Gasteiger partial charge in [0.15, 0.2) is 0 Å². The molecular formula is C23H26BrIN2O4S. The minimum absolute atomic E-state index is 0.194. The molecule has 6 nitrogen and oxygen atoms in total. The van der Waals surface area contributed by atoms with Gasteiger partial charge in [-0.1, -0.05) is 58.4 Å². The van der Waals surface area contributed by atoms with Gasteiger partial charge in [0, 0.05) is 36.9 Å². The maximum absolute atomic E-state index is 13.4. The summed E-state index contributed by atoms with van der Waals surface area (Å²) in [7, 11) is -3.21. The Bertz CT molecular complexity index is 1080. The van der Waals surface area contributed by atoms with Crippen molar-refractivity contribution in [2.45, 2.75) is 35.3 Å². The molecule has 0 bridgehead atoms. The summed E-state index contributed by atoms with van der Waals surface area (Å²) in [5.74, 6) is 0.194. The van der Waals surface area contributed by atoms with Crippen LogP contribution in [0.1, 0.15) is 37.3 Å². The molecule has 0 N–H and O–H groups in total. The Labute approximate surface area is 211 Å². The van der Waals surface area contributed by atoms with Crippen LogP contribution in [0, 0.1) is 0 Å². The lowest BCUT2D eigenvalue weighted by Crippen LogP contribution is -2.54. The largest absolute Gasteiger partial charge is 0.438 e. The van der Waals surface area contributed by atoms with Gasteiger partial charge in [0.1, 0.15) is 9.15 Å². The van der Waals surface area contributed by atoms with Gasteiger partial charge in [0.25, 0.3) is 0 Å². The monoisotopic (exact) mass is 632 g/mol. The van der Waals surface area contributed by atoms with Crippen molar-refractivity contribution in [3.8, 4) is 0 Å². The van der Waals surface area contributed by atoms with E-state index in [0.717, 1.165) is 15.6 Å². The normalized spacial score (nSPS) is 25.3. The van der Waals surface area contributed by atoms with Crippen LogP contribution in [0.4, 0.5) is 4.79 Å². The van der Waals surface area contributed by atoms with Crippen LogP contribution in [0.25, 0.3) is 0 Å². The highest BCUT2D eigenvalue weighted by atomic mass is 127. The molecule has 1 unspecified atom stereocenters. The summed E-state index contributed by atoms with van der Waals surface area (Å²) in [6, 6.07) is 17.6. The van der Waals surface area contributed by atoms with E-state index in [1.165, 1.54) is 4.31 Å². The number of halogens is 2. The second-order valence-corrected chi connectivity index (χ2v) is 13.5. The Kier molecular flexibility index (Phi) is 6.91. The molecule has 0 aliphatic carbocycles. The molecule has 2 fully saturated rings. The molecule has 2 saturated heterocycles. The molecule has 9 heteroatoms. The first kappa shape index (κ1) is 24.0. The number of amides is 1. The van der Waals surface area contributed by atoms with Gasteiger partial charge >= 0.3 is 6.09 Å². The second-order valence-electron chi connectivity index (χ2n) is 8.41. The average Bonchev–Trinajstić information content (AvgIpc) is 3.11. The summed E-state index contributed by atoms with van der Waals surface area (Å²) in [6.07, 6.45) is 1.29. The third kappa shape index (κ3) is 4.71. The number of hydrogen-bond acceptors (Lipinski definition) is 4. The summed E-state index contributed by atoms with van der Waals surface area (Å²) < 4.78 is 32.7. The van der Waals surface area contributed by atoms with E-state index in [-0.39, 0.29) is 11.8 Å². The van der Waals surface area contributed by atoms with Crippen LogP contribution in [0.3, 0.4) is 0 Å². The first-order valence-electron chi connectivity index (χ1n) is 10.6. The standard InChI is InChI=1S/C23H26BrIN2O4S/c1-22(25,18-8-10-20(24)11-9-18)27-16-13-23(31-21(27)28,19-6-3-2-4-7-19)12-15-26-14-5-17-32(26,29)30/h2-4,6-11H,5,12-17H2,1H3/t22-,23?/m1/s1. The highest BCUT2D eigenvalue weighted by molar-refractivity contribution is 14.1. The molecular weight excluding hydrogens is 607 g/mol. The number of rotatable bonds is 6. The lowest BCUT2D eigenvalue weighted by molar-refractivity contribution is -0.0687. The quantitative estimate of drug-likeness (QED) is 0.249. The molecule has 32 heavy (non-hydrogen) atoms. The van der Waals surface area contributed by atoms with Gasteiger partial charge in [-0.3, -0.25) is 4.90 Å². The molecule has 2 atom stereocenters. The molecule has 2 aliphatic rings. The van der Waals surface area contributed by atoms with Crippen LogP contribution in [0.5, 0.6) is 0 Å². The Morgan fingerprint density at radius 1 is 1.12 bits per heavy atom. The van der Waals surface area contributed by atoms with Crippen molar-refractivity contribution in [2.24, 2.45) is 0 Å². The van der Waals surface area contributed by atoms with Crippen molar-refractivity contribution < 1.29 is 17.9 Å². The van der Waals surface area contributed by atoms with Crippen LogP contribution in [-0.2, 0) is 23.9 Å². The Hall–Kier alpha value is -1.17. The van der Waals surface area contributed by atoms with Crippen molar-refractivity contribution in [3.63, 3.8) is 0 Å². The SMILES string of the molecule is C[C@](I)(c1ccc(Br)cc1)N1CCC(CCN2CCCS2(=O)=O)(c2ccccc2)OC1=O. The number of alkyl halides is 1. The van der Waals surface area contributed by atoms with Crippen LogP contribution in [0.2, 0.25) is 0 Å². The fourth-order valence-electron chi connectivity index (χ4n) is 4.46. The number of sulfonamides is 1. The summed E-state index contributed by atoms with van der Waals surface area (Å²) >= 11 is 5.75. The zero-order valence-corrected chi connectivity index (χ0v) is 22.4. The number of nitrogens with zero attached hydrogens (tertiary/aromatic N) is 2. The van der Waals surface area contributed by atoms with E-state index in [0.29, 0.717) is 38.9 Å². The van der Waals surface area contributed by atoms with Crippen LogP contribution >= 0.6 is 38.5 Å². The fourth-order valence-corrected chi connectivity index (χ4v) is 7.05. The molecule has 2 aromatic carbocycles. The number of hydrogen-bond donors (Lipinski definition) is 0. The average molecular weight is 633 g/mol. The Morgan fingerprint density at radius 2 is 1.81 bits per heavy atom. The van der Waals surface area contributed by atoms with Crippen LogP contribution in [0.15, 0.2) is 59.1 Å². The number of ether oxygens (including phenoxy) is 1. The predicted octanol–water partition coefficient (Wildman–Crippen LogP) is 5.22. The summed E-state index contributed by atoms with van der Waals surface area (Å²) in [4.78, 5) is 15.1. The first-order chi connectivity index (χ1) is 15.1. The number of cyclic esters (lactones) is 1. The van der Waals surface area contributed by atoms with E-state index in [2.05, 4.69) is 38.5 Å². The van der Waals surface area contributed by atoms with Gasteiger partial charge in [0.2, 0.25) is 10.0 Å². The highest BCUT2D eigenvalue weighted by Crippen LogP contribution is 2.44. The zero-order valence-electron chi connectivity index (χ0n) is 17.8. The first-order valence-corrected chi connectivity index (χ1v) is 14.1. The van der Waals surface area contributed by atoms with Crippen LogP contribution < -0.4 is 0 Å². The second kappa shape index (κ2) is 9.23. The van der Waals surface area contributed by atoms with Crippen molar-refractivity contribution in [3.05, 3.63) is 70.2 Å². The molecule has 1 amide bonds. The lowest BCUT2D eigenvalue weighted by Gasteiger charge is -2.46. The number of carbonyl (C=O) groups is 1. The summed E-state index contributed by atoms with van der Waals surface area (Å²) in [5.41, 5.74) is 1.07. The Morgan fingerprint density at radius 3 is 2.41 bits per heavy atom. The van der Waals surface area contributed by atoms with Gasteiger partial charge in [-0.05, 0) is 59.2 Å². The summed E-state index contributed by atoms with van der Waals surface area (Å²) in [5, 5.41) is 0. The highest BCUT2D eigenvalue weighted by Gasteiger charge is 2.47. The molecule has 2 aliphatic heterocycles. The molecule has 2 heterocycles. The van der Waals surface area contributed by atoms with Gasteiger partial charge in [-0.25, -0.2) is 17.5 Å². The van der Waals surface area contributed by atoms with Crippen molar-refractivity contribution >= 4 is 54.6 Å². The van der Waals surface area contributed by atoms with Crippen molar-refractivity contribution in [1.82, 2.24) is 9.21 Å².